The maximum atomic E-state index is 13.9. The summed E-state index contributed by atoms with van der Waals surface area (Å²) in [4.78, 5) is 0. The van der Waals surface area contributed by atoms with Gasteiger partial charge in [0.25, 0.3) is 0 Å². The van der Waals surface area contributed by atoms with Crippen molar-refractivity contribution in [3.05, 3.63) is 70.3 Å². The van der Waals surface area contributed by atoms with E-state index in [0.717, 1.165) is 5.75 Å². The maximum Gasteiger partial charge on any atom is 0.191 e. The third-order valence-corrected chi connectivity index (χ3v) is 5.82. The fraction of sp³-hybridized carbons (Fsp3) is 0.333. The molecule has 1 heterocycles. The average Bonchev–Trinajstić information content (AvgIpc) is 2.99. The highest BCUT2D eigenvalue weighted by atomic mass is 35.5. The first kappa shape index (κ1) is 20.7. The zero-order valence-corrected chi connectivity index (χ0v) is 17.9. The normalized spacial score (nSPS) is 11.6. The first-order valence-electron chi connectivity index (χ1n) is 8.93. The second-order valence-electron chi connectivity index (χ2n) is 7.51. The number of rotatable bonds is 6. The van der Waals surface area contributed by atoms with Crippen molar-refractivity contribution in [2.45, 2.75) is 43.7 Å². The second kappa shape index (κ2) is 8.53. The highest BCUT2D eigenvalue weighted by molar-refractivity contribution is 7.98. The fourth-order valence-corrected chi connectivity index (χ4v) is 3.88. The van der Waals surface area contributed by atoms with E-state index in [1.54, 1.807) is 12.1 Å². The van der Waals surface area contributed by atoms with Crippen LogP contribution in [0.3, 0.4) is 0 Å². The first-order chi connectivity index (χ1) is 13.3. The molecule has 3 rings (SSSR count). The Morgan fingerprint density at radius 1 is 1.11 bits per heavy atom. The maximum absolute atomic E-state index is 13.9. The van der Waals surface area contributed by atoms with Crippen LogP contribution in [0.2, 0.25) is 5.02 Å². The average molecular weight is 420 g/mol. The Labute approximate surface area is 174 Å². The van der Waals surface area contributed by atoms with E-state index in [0.29, 0.717) is 33.9 Å². The van der Waals surface area contributed by atoms with E-state index in [1.807, 2.05) is 23.7 Å². The van der Waals surface area contributed by atoms with E-state index >= 15 is 0 Å². The summed E-state index contributed by atoms with van der Waals surface area (Å²) in [7, 11) is 1.87. The van der Waals surface area contributed by atoms with Crippen LogP contribution in [-0.4, -0.2) is 14.8 Å². The number of halogens is 2. The molecule has 7 heteroatoms. The number of benzene rings is 2. The Bertz CT molecular complexity index is 931. The summed E-state index contributed by atoms with van der Waals surface area (Å²) in [6.45, 7) is 6.84. The van der Waals surface area contributed by atoms with E-state index in [4.69, 9.17) is 16.3 Å². The molecule has 0 radical (unpaired) electrons. The molecule has 0 spiro atoms. The molecule has 0 aliphatic carbocycles. The van der Waals surface area contributed by atoms with Crippen molar-refractivity contribution in [2.75, 3.05) is 0 Å². The molecule has 0 atom stereocenters. The summed E-state index contributed by atoms with van der Waals surface area (Å²) >= 11 is 7.47. The number of thioether (sulfide) groups is 1. The molecule has 4 nitrogen and oxygen atoms in total. The van der Waals surface area contributed by atoms with Gasteiger partial charge < -0.3 is 9.30 Å². The van der Waals surface area contributed by atoms with Gasteiger partial charge >= 0.3 is 0 Å². The van der Waals surface area contributed by atoms with E-state index in [1.165, 1.54) is 23.4 Å². The largest absolute Gasteiger partial charge is 0.486 e. The Kier molecular flexibility index (Phi) is 6.30. The van der Waals surface area contributed by atoms with Crippen LogP contribution in [0.1, 0.15) is 37.7 Å². The Morgan fingerprint density at radius 2 is 1.82 bits per heavy atom. The second-order valence-corrected chi connectivity index (χ2v) is 8.86. The van der Waals surface area contributed by atoms with Gasteiger partial charge in [0.05, 0.1) is 0 Å². The molecule has 0 fully saturated rings. The molecule has 2 aromatic carbocycles. The fourth-order valence-electron chi connectivity index (χ4n) is 2.60. The predicted octanol–water partition coefficient (Wildman–Crippen LogP) is 5.78. The summed E-state index contributed by atoms with van der Waals surface area (Å²) < 4.78 is 21.6. The summed E-state index contributed by atoms with van der Waals surface area (Å²) in [6.07, 6.45) is 0. The molecule has 0 saturated heterocycles. The number of hydrogen-bond donors (Lipinski definition) is 0. The van der Waals surface area contributed by atoms with Crippen LogP contribution in [0.15, 0.2) is 47.6 Å². The van der Waals surface area contributed by atoms with Crippen molar-refractivity contribution in [3.63, 3.8) is 0 Å². The van der Waals surface area contributed by atoms with Crippen molar-refractivity contribution in [2.24, 2.45) is 7.05 Å². The zero-order chi connectivity index (χ0) is 20.3. The van der Waals surface area contributed by atoms with Gasteiger partial charge in [0, 0.05) is 23.4 Å². The van der Waals surface area contributed by atoms with E-state index in [-0.39, 0.29) is 11.2 Å². The first-order valence-corrected chi connectivity index (χ1v) is 10.3. The van der Waals surface area contributed by atoms with E-state index in [2.05, 4.69) is 43.1 Å². The monoisotopic (exact) mass is 419 g/mol. The lowest BCUT2D eigenvalue weighted by molar-refractivity contribution is 0.290. The minimum absolute atomic E-state index is 0.107. The van der Waals surface area contributed by atoms with Gasteiger partial charge in [-0.25, -0.2) is 4.39 Å². The lowest BCUT2D eigenvalue weighted by Crippen LogP contribution is -2.10. The van der Waals surface area contributed by atoms with Gasteiger partial charge in [-0.2, -0.15) is 0 Å². The molecule has 148 valence electrons. The Balaban J connectivity index is 1.62. The van der Waals surface area contributed by atoms with Gasteiger partial charge in [-0.3, -0.25) is 0 Å². The lowest BCUT2D eigenvalue weighted by atomic mass is 9.87. The van der Waals surface area contributed by atoms with E-state index < -0.39 is 0 Å². The molecule has 0 unspecified atom stereocenters. The molecule has 28 heavy (non-hydrogen) atoms. The SMILES string of the molecule is Cn1c(COc2ccc(C(C)(C)C)cc2)nnc1SCc1c(F)cccc1Cl. The Morgan fingerprint density at radius 3 is 2.46 bits per heavy atom. The van der Waals surface area contributed by atoms with Crippen molar-refractivity contribution < 1.29 is 9.13 Å². The van der Waals surface area contributed by atoms with Crippen molar-refractivity contribution >= 4 is 23.4 Å². The van der Waals surface area contributed by atoms with Crippen LogP contribution in [0, 0.1) is 5.82 Å². The van der Waals surface area contributed by atoms with Crippen molar-refractivity contribution in [1.82, 2.24) is 14.8 Å². The minimum atomic E-state index is -0.315. The van der Waals surface area contributed by atoms with Crippen LogP contribution in [0.25, 0.3) is 0 Å². The van der Waals surface area contributed by atoms with Crippen LogP contribution in [0.4, 0.5) is 4.39 Å². The molecular weight excluding hydrogens is 397 g/mol. The molecule has 1 aromatic heterocycles. The molecule has 0 bridgehead atoms. The molecule has 0 amide bonds. The molecule has 3 aromatic rings. The van der Waals surface area contributed by atoms with Crippen LogP contribution >= 0.6 is 23.4 Å². The van der Waals surface area contributed by atoms with Gasteiger partial charge in [-0.1, -0.05) is 62.3 Å². The van der Waals surface area contributed by atoms with Gasteiger partial charge in [0.1, 0.15) is 18.2 Å². The number of aromatic nitrogens is 3. The number of nitrogens with zero attached hydrogens (tertiary/aromatic N) is 3. The summed E-state index contributed by atoms with van der Waals surface area (Å²) in [5.41, 5.74) is 1.83. The highest BCUT2D eigenvalue weighted by Gasteiger charge is 2.15. The highest BCUT2D eigenvalue weighted by Crippen LogP contribution is 2.28. The van der Waals surface area contributed by atoms with E-state index in [9.17, 15) is 4.39 Å². The number of hydrogen-bond acceptors (Lipinski definition) is 4. The molecule has 0 saturated carbocycles. The van der Waals surface area contributed by atoms with Gasteiger partial charge in [0.15, 0.2) is 11.0 Å². The standard InChI is InChI=1S/C21H23ClFN3OS/c1-21(2,3)14-8-10-15(11-9-14)27-12-19-24-25-20(26(19)4)28-13-16-17(22)6-5-7-18(16)23/h5-11H,12-13H2,1-4H3. The van der Waals surface area contributed by atoms with Crippen LogP contribution in [0.5, 0.6) is 5.75 Å². The topological polar surface area (TPSA) is 39.9 Å². The van der Waals surface area contributed by atoms with Crippen molar-refractivity contribution in [3.8, 4) is 5.75 Å². The number of ether oxygens (including phenoxy) is 1. The zero-order valence-electron chi connectivity index (χ0n) is 16.4. The van der Waals surface area contributed by atoms with Gasteiger partial charge in [-0.05, 0) is 35.2 Å². The van der Waals surface area contributed by atoms with Gasteiger partial charge in [0.2, 0.25) is 0 Å². The minimum Gasteiger partial charge on any atom is -0.486 e. The molecular formula is C21H23ClFN3OS. The summed E-state index contributed by atoms with van der Waals surface area (Å²) in [6, 6.07) is 12.8. The third-order valence-electron chi connectivity index (χ3n) is 4.42. The lowest BCUT2D eigenvalue weighted by Gasteiger charge is -2.19. The third kappa shape index (κ3) is 4.86. The molecule has 0 N–H and O–H groups in total. The summed E-state index contributed by atoms with van der Waals surface area (Å²) in [5.74, 6) is 1.54. The predicted molar refractivity (Wildman–Crippen MR) is 111 cm³/mol. The van der Waals surface area contributed by atoms with Crippen LogP contribution < -0.4 is 4.74 Å². The van der Waals surface area contributed by atoms with Gasteiger partial charge in [-0.15, -0.1) is 10.2 Å². The molecule has 0 aliphatic heterocycles. The summed E-state index contributed by atoms with van der Waals surface area (Å²) in [5, 5.41) is 9.46. The Hall–Kier alpha value is -2.05. The van der Waals surface area contributed by atoms with Crippen molar-refractivity contribution in [1.29, 1.82) is 0 Å². The quantitative estimate of drug-likeness (QED) is 0.475. The van der Waals surface area contributed by atoms with Crippen LogP contribution in [-0.2, 0) is 24.8 Å². The molecule has 0 aliphatic rings. The smallest absolute Gasteiger partial charge is 0.191 e.